The predicted molar refractivity (Wildman–Crippen MR) is 111 cm³/mol. The molecule has 0 aliphatic carbocycles. The van der Waals surface area contributed by atoms with E-state index in [0.29, 0.717) is 18.4 Å². The van der Waals surface area contributed by atoms with Crippen LogP contribution < -0.4 is 15.5 Å². The smallest absolute Gasteiger partial charge is 0.325 e. The summed E-state index contributed by atoms with van der Waals surface area (Å²) < 4.78 is 5.18. The van der Waals surface area contributed by atoms with Crippen molar-refractivity contribution in [3.05, 3.63) is 29.8 Å². The van der Waals surface area contributed by atoms with Gasteiger partial charge in [-0.2, -0.15) is 5.10 Å². The van der Waals surface area contributed by atoms with Crippen LogP contribution in [0.5, 0.6) is 5.75 Å². The number of likely N-dealkylation sites (N-methyl/N-ethyl adjacent to an activating group) is 1. The lowest BCUT2D eigenvalue weighted by atomic mass is 10.1. The van der Waals surface area contributed by atoms with Crippen molar-refractivity contribution in [2.45, 2.75) is 39.4 Å². The molecule has 2 unspecified atom stereocenters. The number of nitrogens with zero attached hydrogens (tertiary/aromatic N) is 4. The zero-order valence-electron chi connectivity index (χ0n) is 17.5. The molecule has 0 bridgehead atoms. The zero-order valence-corrected chi connectivity index (χ0v) is 17.5. The van der Waals surface area contributed by atoms with Gasteiger partial charge in [-0.15, -0.1) is 0 Å². The van der Waals surface area contributed by atoms with Gasteiger partial charge in [0.05, 0.1) is 12.8 Å². The van der Waals surface area contributed by atoms with Crippen LogP contribution in [0.2, 0.25) is 0 Å². The number of guanidine groups is 1. The van der Waals surface area contributed by atoms with Crippen molar-refractivity contribution in [1.29, 1.82) is 0 Å². The maximum Gasteiger partial charge on any atom is 0.325 e. The Bertz CT molecular complexity index is 833. The van der Waals surface area contributed by atoms with Crippen molar-refractivity contribution in [1.82, 2.24) is 20.5 Å². The first-order valence-electron chi connectivity index (χ1n) is 9.68. The van der Waals surface area contributed by atoms with Crippen molar-refractivity contribution in [2.75, 3.05) is 20.7 Å². The van der Waals surface area contributed by atoms with Crippen molar-refractivity contribution >= 4 is 23.6 Å². The van der Waals surface area contributed by atoms with Gasteiger partial charge >= 0.3 is 6.03 Å². The van der Waals surface area contributed by atoms with Crippen molar-refractivity contribution in [3.63, 3.8) is 0 Å². The number of aliphatic imine (C=N–C) groups is 1. The maximum absolute atomic E-state index is 12.5. The number of fused-ring (bicyclic) bond motifs is 1. The number of hydrogen-bond donors (Lipinski definition) is 2. The number of methoxy groups -OCH3 is 1. The Labute approximate surface area is 170 Å². The van der Waals surface area contributed by atoms with E-state index in [9.17, 15) is 9.59 Å². The number of rotatable bonds is 6. The van der Waals surface area contributed by atoms with E-state index in [1.54, 1.807) is 14.2 Å². The third-order valence-electron chi connectivity index (χ3n) is 5.14. The topological polar surface area (TPSA) is 98.6 Å². The second kappa shape index (κ2) is 8.50. The molecule has 0 spiro atoms. The van der Waals surface area contributed by atoms with Gasteiger partial charge in [-0.25, -0.2) is 15.2 Å². The molecule has 1 aromatic rings. The number of hydrogen-bond acceptors (Lipinski definition) is 7. The van der Waals surface area contributed by atoms with E-state index >= 15 is 0 Å². The Balaban J connectivity index is 1.82. The van der Waals surface area contributed by atoms with Crippen LogP contribution in [0.4, 0.5) is 4.79 Å². The third-order valence-corrected chi connectivity index (χ3v) is 5.14. The first kappa shape index (κ1) is 20.6. The molecule has 0 saturated carbocycles. The largest absolute Gasteiger partial charge is 0.497 e. The van der Waals surface area contributed by atoms with Crippen molar-refractivity contribution in [3.8, 4) is 5.75 Å². The predicted octanol–water partition coefficient (Wildman–Crippen LogP) is 1.60. The van der Waals surface area contributed by atoms with Crippen LogP contribution in [-0.2, 0) is 4.79 Å². The lowest BCUT2D eigenvalue weighted by Gasteiger charge is -2.36. The number of ether oxygens (including phenoxy) is 1. The molecule has 156 valence electrons. The molecule has 1 aromatic carbocycles. The molecule has 3 amide bonds. The Morgan fingerprint density at radius 1 is 1.31 bits per heavy atom. The summed E-state index contributed by atoms with van der Waals surface area (Å²) in [5.74, 6) is 1.40. The first-order valence-corrected chi connectivity index (χ1v) is 9.68. The molecule has 3 rings (SSSR count). The molecular weight excluding hydrogens is 372 g/mol. The highest BCUT2D eigenvalue weighted by Crippen LogP contribution is 2.24. The zero-order chi connectivity index (χ0) is 21.1. The molecule has 2 atom stereocenters. The van der Waals surface area contributed by atoms with Gasteiger partial charge in [0.2, 0.25) is 5.96 Å². The van der Waals surface area contributed by atoms with E-state index in [1.807, 2.05) is 36.1 Å². The summed E-state index contributed by atoms with van der Waals surface area (Å²) in [7, 11) is 3.26. The number of benzene rings is 1. The highest BCUT2D eigenvalue weighted by molar-refractivity contribution is 6.04. The molecule has 2 heterocycles. The molecule has 29 heavy (non-hydrogen) atoms. The minimum Gasteiger partial charge on any atom is -0.497 e. The van der Waals surface area contributed by atoms with E-state index in [1.165, 1.54) is 4.90 Å². The highest BCUT2D eigenvalue weighted by atomic mass is 16.5. The number of amides is 3. The average molecular weight is 400 g/mol. The Hall–Kier alpha value is -3.10. The molecule has 2 aliphatic heterocycles. The average Bonchev–Trinajstić information content (AvgIpc) is 3.08. The van der Waals surface area contributed by atoms with Gasteiger partial charge < -0.3 is 14.5 Å². The van der Waals surface area contributed by atoms with Gasteiger partial charge in [-0.1, -0.05) is 13.8 Å². The molecule has 1 fully saturated rings. The number of imide groups is 1. The van der Waals surface area contributed by atoms with Gasteiger partial charge in [0.15, 0.2) is 12.2 Å². The molecular formula is C20H28N6O3. The molecule has 0 aromatic heterocycles. The summed E-state index contributed by atoms with van der Waals surface area (Å²) >= 11 is 0. The molecule has 2 aliphatic rings. The number of carbonyl (C=O) groups is 2. The van der Waals surface area contributed by atoms with Gasteiger partial charge in [0.1, 0.15) is 5.75 Å². The Morgan fingerprint density at radius 3 is 2.62 bits per heavy atom. The summed E-state index contributed by atoms with van der Waals surface area (Å²) in [6.45, 7) is 6.77. The fourth-order valence-corrected chi connectivity index (χ4v) is 3.29. The van der Waals surface area contributed by atoms with Crippen LogP contribution in [0.25, 0.3) is 0 Å². The van der Waals surface area contributed by atoms with Crippen LogP contribution in [0.1, 0.15) is 32.8 Å². The highest BCUT2D eigenvalue weighted by Gasteiger charge is 2.48. The summed E-state index contributed by atoms with van der Waals surface area (Å²) in [6, 6.07) is 6.59. The molecule has 1 saturated heterocycles. The van der Waals surface area contributed by atoms with Crippen LogP contribution in [0.3, 0.4) is 0 Å². The molecule has 2 N–H and O–H groups in total. The number of carbonyl (C=O) groups excluding carboxylic acids is 2. The van der Waals surface area contributed by atoms with E-state index in [0.717, 1.165) is 23.4 Å². The molecule has 9 nitrogen and oxygen atoms in total. The fourth-order valence-electron chi connectivity index (χ4n) is 3.29. The minimum absolute atomic E-state index is 0.335. The Kier molecular flexibility index (Phi) is 6.05. The molecule has 9 heteroatoms. The van der Waals surface area contributed by atoms with Crippen LogP contribution in [0.15, 0.2) is 34.4 Å². The lowest BCUT2D eigenvalue weighted by Crippen LogP contribution is -2.64. The standard InChI is InChI=1S/C20H28N6O3/c1-12(2)10-11-26-16-17(25(4)20(28)22-18(16)27)21-19(26)24-23-13(3)14-6-8-15(29-5)9-7-14/h6-9,12,16-17H,10-11H2,1-5H3,(H,21,24)(H,22,27,28)/b23-13+. The van der Waals surface area contributed by atoms with Crippen LogP contribution >= 0.6 is 0 Å². The SMILES string of the molecule is COc1ccc(/C(C)=N/NC2=NC3C(C(=O)NC(=O)N3C)N2CCC(C)C)cc1. The van der Waals surface area contributed by atoms with Gasteiger partial charge in [0, 0.05) is 13.6 Å². The minimum atomic E-state index is -0.567. The third kappa shape index (κ3) is 4.33. The quantitative estimate of drug-likeness (QED) is 0.558. The fraction of sp³-hybridized carbons (Fsp3) is 0.500. The normalized spacial score (nSPS) is 21.9. The summed E-state index contributed by atoms with van der Waals surface area (Å²) in [5, 5.41) is 6.85. The lowest BCUT2D eigenvalue weighted by molar-refractivity contribution is -0.127. The summed E-state index contributed by atoms with van der Waals surface area (Å²) in [5.41, 5.74) is 4.71. The molecule has 0 radical (unpaired) electrons. The monoisotopic (exact) mass is 400 g/mol. The van der Waals surface area contributed by atoms with E-state index in [2.05, 4.69) is 34.7 Å². The van der Waals surface area contributed by atoms with Crippen LogP contribution in [-0.4, -0.2) is 66.3 Å². The van der Waals surface area contributed by atoms with E-state index < -0.39 is 18.2 Å². The number of nitrogens with one attached hydrogen (secondary N) is 2. The second-order valence-electron chi connectivity index (χ2n) is 7.63. The van der Waals surface area contributed by atoms with Gasteiger partial charge in [0.25, 0.3) is 5.91 Å². The van der Waals surface area contributed by atoms with E-state index in [4.69, 9.17) is 4.74 Å². The van der Waals surface area contributed by atoms with Gasteiger partial charge in [-0.3, -0.25) is 10.1 Å². The first-order chi connectivity index (χ1) is 13.8. The summed E-state index contributed by atoms with van der Waals surface area (Å²) in [4.78, 5) is 32.4. The van der Waals surface area contributed by atoms with Crippen molar-refractivity contribution < 1.29 is 14.3 Å². The van der Waals surface area contributed by atoms with Crippen molar-refractivity contribution in [2.24, 2.45) is 16.0 Å². The van der Waals surface area contributed by atoms with E-state index in [-0.39, 0.29) is 5.91 Å². The second-order valence-corrected chi connectivity index (χ2v) is 7.63. The Morgan fingerprint density at radius 2 is 2.00 bits per heavy atom. The maximum atomic E-state index is 12.5. The summed E-state index contributed by atoms with van der Waals surface area (Å²) in [6.07, 6.45) is 0.318. The van der Waals surface area contributed by atoms with Crippen LogP contribution in [0, 0.1) is 5.92 Å². The number of hydrazone groups is 1. The van der Waals surface area contributed by atoms with Gasteiger partial charge in [-0.05, 0) is 49.1 Å². The number of urea groups is 1.